The summed E-state index contributed by atoms with van der Waals surface area (Å²) in [7, 11) is 0. The fourth-order valence-electron chi connectivity index (χ4n) is 2.55. The number of hydrogen-bond donors (Lipinski definition) is 1. The first-order valence-electron chi connectivity index (χ1n) is 9.08. The third kappa shape index (κ3) is 6.40. The van der Waals surface area contributed by atoms with Gasteiger partial charge >= 0.3 is 0 Å². The van der Waals surface area contributed by atoms with Crippen LogP contribution in [0.5, 0.6) is 5.75 Å². The minimum Gasteiger partial charge on any atom is -0.467 e. The molecule has 1 N–H and O–H groups in total. The van der Waals surface area contributed by atoms with E-state index in [1.54, 1.807) is 55.7 Å². The molecule has 2 aromatic rings. The molecule has 6 nitrogen and oxygen atoms in total. The smallest absolute Gasteiger partial charge is 0.266 e. The second-order valence-corrected chi connectivity index (χ2v) is 10.4. The number of thioether (sulfide) groups is 1. The van der Waals surface area contributed by atoms with Gasteiger partial charge in [0.1, 0.15) is 15.8 Å². The number of thiocarbonyl (C=S) groups is 1. The average molecular weight is 520 g/mol. The number of carbonyl (C=O) groups is 2. The number of nitrogens with one attached hydrogen (secondary N) is 1. The number of rotatable bonds is 7. The Hall–Kier alpha value is -1.71. The van der Waals surface area contributed by atoms with Gasteiger partial charge in [-0.05, 0) is 35.9 Å². The first kappa shape index (κ1) is 23.9. The molecule has 11 heteroatoms. The summed E-state index contributed by atoms with van der Waals surface area (Å²) in [6, 6.07) is 10.3. The fraction of sp³-hybridized carbons (Fsp3) is 0.250. The van der Waals surface area contributed by atoms with Crippen molar-refractivity contribution in [2.24, 2.45) is 0 Å². The van der Waals surface area contributed by atoms with Gasteiger partial charge < -0.3 is 14.5 Å². The number of alkyl halides is 3. The Labute approximate surface area is 203 Å². The van der Waals surface area contributed by atoms with Gasteiger partial charge in [-0.25, -0.2) is 0 Å². The molecule has 164 valence electrons. The third-order valence-electron chi connectivity index (χ3n) is 4.11. The SMILES string of the molecule is CCC(=O)N[C@H](Oc1ccc(/C=C2\SC(=S)N(Cc3ccco3)C2=O)cc1)C(Cl)(Cl)Cl. The van der Waals surface area contributed by atoms with E-state index in [-0.39, 0.29) is 24.8 Å². The molecule has 3 rings (SSSR count). The molecule has 1 aliphatic heterocycles. The van der Waals surface area contributed by atoms with E-state index in [2.05, 4.69) is 5.32 Å². The van der Waals surface area contributed by atoms with Crippen LogP contribution in [0, 0.1) is 0 Å². The predicted octanol–water partition coefficient (Wildman–Crippen LogP) is 5.28. The maximum Gasteiger partial charge on any atom is 0.266 e. The van der Waals surface area contributed by atoms with Gasteiger partial charge in [-0.15, -0.1) is 0 Å². The Balaban J connectivity index is 1.69. The summed E-state index contributed by atoms with van der Waals surface area (Å²) < 4.78 is 9.53. The van der Waals surface area contributed by atoms with E-state index in [4.69, 9.17) is 56.2 Å². The van der Waals surface area contributed by atoms with Crippen molar-refractivity contribution in [3.63, 3.8) is 0 Å². The average Bonchev–Trinajstić information content (AvgIpc) is 3.32. The number of hydrogen-bond acceptors (Lipinski definition) is 6. The Morgan fingerprint density at radius 1 is 1.32 bits per heavy atom. The zero-order valence-electron chi connectivity index (χ0n) is 16.1. The predicted molar refractivity (Wildman–Crippen MR) is 127 cm³/mol. The van der Waals surface area contributed by atoms with Crippen molar-refractivity contribution in [1.82, 2.24) is 10.2 Å². The van der Waals surface area contributed by atoms with Crippen molar-refractivity contribution >= 4 is 81.0 Å². The van der Waals surface area contributed by atoms with Gasteiger partial charge in [0.15, 0.2) is 0 Å². The fourth-order valence-corrected chi connectivity index (χ4v) is 4.10. The van der Waals surface area contributed by atoms with E-state index in [1.807, 2.05) is 0 Å². The monoisotopic (exact) mass is 518 g/mol. The summed E-state index contributed by atoms with van der Waals surface area (Å²) in [5, 5.41) is 2.52. The van der Waals surface area contributed by atoms with Crippen LogP contribution in [0.1, 0.15) is 24.7 Å². The lowest BCUT2D eigenvalue weighted by molar-refractivity contribution is -0.123. The van der Waals surface area contributed by atoms with Crippen LogP contribution >= 0.6 is 58.8 Å². The molecule has 0 radical (unpaired) electrons. The molecule has 31 heavy (non-hydrogen) atoms. The number of furan rings is 1. The second kappa shape index (κ2) is 10.3. The molecule has 1 atom stereocenters. The summed E-state index contributed by atoms with van der Waals surface area (Å²) >= 11 is 24.3. The van der Waals surface area contributed by atoms with Crippen LogP contribution in [0.15, 0.2) is 52.0 Å². The summed E-state index contributed by atoms with van der Waals surface area (Å²) in [5.74, 6) is 0.530. The van der Waals surface area contributed by atoms with Gasteiger partial charge in [-0.3, -0.25) is 14.5 Å². The lowest BCUT2D eigenvalue weighted by Crippen LogP contribution is -2.47. The van der Waals surface area contributed by atoms with Gasteiger partial charge in [0.25, 0.3) is 5.91 Å². The van der Waals surface area contributed by atoms with Gasteiger partial charge in [0.05, 0.1) is 17.7 Å². The van der Waals surface area contributed by atoms with Gasteiger partial charge in [-0.1, -0.05) is 77.8 Å². The minimum atomic E-state index is -1.86. The van der Waals surface area contributed by atoms with Crippen molar-refractivity contribution in [3.8, 4) is 5.75 Å². The van der Waals surface area contributed by atoms with E-state index in [0.29, 0.717) is 20.7 Å². The van der Waals surface area contributed by atoms with E-state index >= 15 is 0 Å². The van der Waals surface area contributed by atoms with Crippen LogP contribution in [0.3, 0.4) is 0 Å². The van der Waals surface area contributed by atoms with Crippen LogP contribution < -0.4 is 10.1 Å². The van der Waals surface area contributed by atoms with Crippen LogP contribution in [0.25, 0.3) is 6.08 Å². The van der Waals surface area contributed by atoms with E-state index < -0.39 is 10.0 Å². The summed E-state index contributed by atoms with van der Waals surface area (Å²) in [5.41, 5.74) is 0.758. The first-order valence-corrected chi connectivity index (χ1v) is 11.4. The molecule has 0 aliphatic carbocycles. The molecular weight excluding hydrogens is 503 g/mol. The topological polar surface area (TPSA) is 71.8 Å². The molecule has 1 aromatic heterocycles. The van der Waals surface area contributed by atoms with Crippen molar-refractivity contribution in [3.05, 3.63) is 58.9 Å². The molecule has 2 amide bonds. The van der Waals surface area contributed by atoms with Crippen molar-refractivity contribution in [2.75, 3.05) is 0 Å². The molecule has 1 aliphatic rings. The highest BCUT2D eigenvalue weighted by molar-refractivity contribution is 8.26. The molecule has 0 saturated carbocycles. The Bertz CT molecular complexity index is 989. The summed E-state index contributed by atoms with van der Waals surface area (Å²) in [4.78, 5) is 26.3. The third-order valence-corrected chi connectivity index (χ3v) is 6.08. The molecule has 2 heterocycles. The quantitative estimate of drug-likeness (QED) is 0.232. The zero-order chi connectivity index (χ0) is 22.6. The van der Waals surface area contributed by atoms with E-state index in [0.717, 1.165) is 5.56 Å². The maximum atomic E-state index is 12.7. The summed E-state index contributed by atoms with van der Waals surface area (Å²) in [6.45, 7) is 1.96. The number of benzene rings is 1. The van der Waals surface area contributed by atoms with E-state index in [9.17, 15) is 9.59 Å². The van der Waals surface area contributed by atoms with Crippen LogP contribution in [0.2, 0.25) is 0 Å². The van der Waals surface area contributed by atoms with Crippen LogP contribution in [0.4, 0.5) is 0 Å². The lowest BCUT2D eigenvalue weighted by atomic mass is 10.2. The minimum absolute atomic E-state index is 0.190. The Morgan fingerprint density at radius 2 is 2.03 bits per heavy atom. The van der Waals surface area contributed by atoms with E-state index in [1.165, 1.54) is 16.7 Å². The van der Waals surface area contributed by atoms with Crippen LogP contribution in [-0.2, 0) is 16.1 Å². The van der Waals surface area contributed by atoms with Gasteiger partial charge in [-0.2, -0.15) is 0 Å². The maximum absolute atomic E-state index is 12.7. The highest BCUT2D eigenvalue weighted by atomic mass is 35.6. The molecule has 0 unspecified atom stereocenters. The number of nitrogens with zero attached hydrogens (tertiary/aromatic N) is 1. The van der Waals surface area contributed by atoms with Gasteiger partial charge in [0, 0.05) is 6.42 Å². The van der Waals surface area contributed by atoms with Crippen molar-refractivity contribution in [2.45, 2.75) is 29.9 Å². The highest BCUT2D eigenvalue weighted by Gasteiger charge is 2.36. The standard InChI is InChI=1S/C20H17Cl3N2O4S2/c1-2-16(26)24-18(20(21,22)23)29-13-7-5-12(6-8-13)10-15-17(27)25(19(30)31-15)11-14-4-3-9-28-14/h3-10,18H,2,11H2,1H3,(H,24,26)/b15-10-/t18-/m1/s1. The van der Waals surface area contributed by atoms with Crippen molar-refractivity contribution in [1.29, 1.82) is 0 Å². The number of ether oxygens (including phenoxy) is 1. The molecule has 1 fully saturated rings. The second-order valence-electron chi connectivity index (χ2n) is 6.38. The number of amides is 2. The lowest BCUT2D eigenvalue weighted by Gasteiger charge is -2.26. The largest absolute Gasteiger partial charge is 0.467 e. The molecule has 1 aromatic carbocycles. The number of carbonyl (C=O) groups excluding carboxylic acids is 2. The Morgan fingerprint density at radius 3 is 2.61 bits per heavy atom. The Kier molecular flexibility index (Phi) is 7.93. The summed E-state index contributed by atoms with van der Waals surface area (Å²) in [6.07, 6.45) is 2.34. The number of halogens is 3. The molecular formula is C20H17Cl3N2O4S2. The molecule has 0 spiro atoms. The molecule has 0 bridgehead atoms. The molecule has 1 saturated heterocycles. The van der Waals surface area contributed by atoms with Gasteiger partial charge in [0.2, 0.25) is 15.9 Å². The zero-order valence-corrected chi connectivity index (χ0v) is 20.0. The van der Waals surface area contributed by atoms with Crippen molar-refractivity contribution < 1.29 is 18.7 Å². The highest BCUT2D eigenvalue weighted by Crippen LogP contribution is 2.35. The van der Waals surface area contributed by atoms with Crippen LogP contribution in [-0.4, -0.2) is 31.1 Å². The first-order chi connectivity index (χ1) is 14.7. The normalized spacial score (nSPS) is 16.6.